The molecule has 1 aliphatic heterocycles. The Morgan fingerprint density at radius 3 is 1.77 bits per heavy atom. The van der Waals surface area contributed by atoms with Gasteiger partial charge in [-0.15, -0.1) is 0 Å². The number of carbonyl (C=O) groups is 2. The monoisotopic (exact) mass is 188 g/mol. The molecule has 0 radical (unpaired) electrons. The lowest BCUT2D eigenvalue weighted by molar-refractivity contribution is -0.165. The first-order chi connectivity index (χ1) is 6.09. The van der Waals surface area contributed by atoms with Crippen LogP contribution in [0.1, 0.15) is 13.8 Å². The van der Waals surface area contributed by atoms with Gasteiger partial charge in [-0.25, -0.2) is 0 Å². The molecule has 0 spiro atoms. The summed E-state index contributed by atoms with van der Waals surface area (Å²) in [7, 11) is 0. The van der Waals surface area contributed by atoms with Crippen molar-refractivity contribution >= 4 is 11.9 Å². The van der Waals surface area contributed by atoms with E-state index in [1.54, 1.807) is 0 Å². The highest BCUT2D eigenvalue weighted by atomic mass is 16.6. The lowest BCUT2D eigenvalue weighted by atomic mass is 10.5. The van der Waals surface area contributed by atoms with Gasteiger partial charge in [0, 0.05) is 13.8 Å². The normalized spacial score (nSPS) is 26.9. The van der Waals surface area contributed by atoms with E-state index >= 15 is 0 Å². The predicted molar refractivity (Wildman–Crippen MR) is 42.2 cm³/mol. The average Bonchev–Trinajstić information content (AvgIpc) is 2.34. The van der Waals surface area contributed by atoms with Gasteiger partial charge in [-0.3, -0.25) is 20.2 Å². The lowest BCUT2D eigenvalue weighted by Gasteiger charge is -2.17. The van der Waals surface area contributed by atoms with Crippen LogP contribution in [-0.2, 0) is 19.1 Å². The third kappa shape index (κ3) is 3.00. The first-order valence-corrected chi connectivity index (χ1v) is 3.91. The molecule has 0 aliphatic carbocycles. The van der Waals surface area contributed by atoms with Crippen molar-refractivity contribution in [2.75, 3.05) is 6.67 Å². The summed E-state index contributed by atoms with van der Waals surface area (Å²) in [5.41, 5.74) is 0. The van der Waals surface area contributed by atoms with Crippen LogP contribution in [0, 0.1) is 0 Å². The zero-order valence-electron chi connectivity index (χ0n) is 7.49. The summed E-state index contributed by atoms with van der Waals surface area (Å²) < 4.78 is 9.67. The van der Waals surface area contributed by atoms with Gasteiger partial charge in [0.2, 0.25) is 12.5 Å². The Hall–Kier alpha value is -1.14. The Kier molecular flexibility index (Phi) is 3.21. The minimum Gasteiger partial charge on any atom is -0.441 e. The third-order valence-electron chi connectivity index (χ3n) is 1.47. The van der Waals surface area contributed by atoms with Crippen molar-refractivity contribution in [3.05, 3.63) is 0 Å². The lowest BCUT2D eigenvalue weighted by Crippen LogP contribution is -2.40. The Morgan fingerprint density at radius 1 is 1.08 bits per heavy atom. The summed E-state index contributed by atoms with van der Waals surface area (Å²) in [6.07, 6.45) is -1.19. The molecule has 0 unspecified atom stereocenters. The molecule has 6 heteroatoms. The van der Waals surface area contributed by atoms with Crippen molar-refractivity contribution in [1.29, 1.82) is 0 Å². The van der Waals surface area contributed by atoms with Gasteiger partial charge in [0.1, 0.15) is 0 Å². The predicted octanol–water partition coefficient (Wildman–Crippen LogP) is -1.08. The molecule has 1 rings (SSSR count). The standard InChI is InChI=1S/C7H12N2O4/c1-4(10)12-6-7(9-3-8-6)13-5(2)11/h6-9H,3H2,1-2H3/t6-,7-/m0/s1. The molecule has 0 aromatic heterocycles. The number of carbonyl (C=O) groups excluding carboxylic acids is 2. The summed E-state index contributed by atoms with van der Waals surface area (Å²) in [5.74, 6) is -0.836. The van der Waals surface area contributed by atoms with E-state index < -0.39 is 24.4 Å². The number of ether oxygens (including phenoxy) is 2. The Balaban J connectivity index is 2.43. The van der Waals surface area contributed by atoms with Gasteiger partial charge in [-0.05, 0) is 0 Å². The van der Waals surface area contributed by atoms with E-state index in [-0.39, 0.29) is 0 Å². The molecule has 0 bridgehead atoms. The van der Waals surface area contributed by atoms with Crippen LogP contribution in [0.25, 0.3) is 0 Å². The summed E-state index contributed by atoms with van der Waals surface area (Å²) >= 11 is 0. The summed E-state index contributed by atoms with van der Waals surface area (Å²) in [4.78, 5) is 21.2. The highest BCUT2D eigenvalue weighted by molar-refractivity contribution is 5.67. The quantitative estimate of drug-likeness (QED) is 0.536. The van der Waals surface area contributed by atoms with Crippen LogP contribution in [0.3, 0.4) is 0 Å². The molecule has 2 N–H and O–H groups in total. The molecular formula is C7H12N2O4. The highest BCUT2D eigenvalue weighted by Gasteiger charge is 2.31. The zero-order valence-corrected chi connectivity index (χ0v) is 7.49. The van der Waals surface area contributed by atoms with Crippen LogP contribution in [0.15, 0.2) is 0 Å². The maximum atomic E-state index is 10.6. The SMILES string of the molecule is CC(=O)O[C@@H]1NCN[C@H]1OC(C)=O. The fraction of sp³-hybridized carbons (Fsp3) is 0.714. The van der Waals surface area contributed by atoms with E-state index in [4.69, 9.17) is 9.47 Å². The van der Waals surface area contributed by atoms with Crippen molar-refractivity contribution in [3.8, 4) is 0 Å². The molecule has 2 atom stereocenters. The fourth-order valence-corrected chi connectivity index (χ4v) is 1.04. The van der Waals surface area contributed by atoms with E-state index in [1.807, 2.05) is 0 Å². The zero-order chi connectivity index (χ0) is 9.84. The molecule has 0 amide bonds. The fourth-order valence-electron chi connectivity index (χ4n) is 1.04. The number of rotatable bonds is 2. The second kappa shape index (κ2) is 4.20. The molecule has 0 saturated carbocycles. The topological polar surface area (TPSA) is 76.7 Å². The summed E-state index contributed by atoms with van der Waals surface area (Å²) in [6, 6.07) is 0. The van der Waals surface area contributed by atoms with E-state index in [0.717, 1.165) is 0 Å². The minimum absolute atomic E-state index is 0.418. The average molecular weight is 188 g/mol. The molecule has 1 fully saturated rings. The molecule has 74 valence electrons. The van der Waals surface area contributed by atoms with Gasteiger partial charge >= 0.3 is 11.9 Å². The molecule has 0 aromatic rings. The molecule has 0 aromatic carbocycles. The summed E-state index contributed by atoms with van der Waals surface area (Å²) in [5, 5.41) is 5.62. The Morgan fingerprint density at radius 2 is 1.46 bits per heavy atom. The van der Waals surface area contributed by atoms with Gasteiger partial charge in [0.15, 0.2) is 0 Å². The Bertz CT molecular complexity index is 197. The second-order valence-electron chi connectivity index (χ2n) is 2.65. The van der Waals surface area contributed by atoms with Gasteiger partial charge in [0.25, 0.3) is 0 Å². The van der Waals surface area contributed by atoms with Gasteiger partial charge in [0.05, 0.1) is 6.67 Å². The van der Waals surface area contributed by atoms with E-state index in [2.05, 4.69) is 10.6 Å². The molecule has 13 heavy (non-hydrogen) atoms. The molecule has 6 nitrogen and oxygen atoms in total. The number of nitrogens with one attached hydrogen (secondary N) is 2. The molecule has 1 heterocycles. The third-order valence-corrected chi connectivity index (χ3v) is 1.47. The second-order valence-corrected chi connectivity index (χ2v) is 2.65. The minimum atomic E-state index is -0.596. The van der Waals surface area contributed by atoms with Crippen LogP contribution in [0.4, 0.5) is 0 Å². The first kappa shape index (κ1) is 9.94. The van der Waals surface area contributed by atoms with Crippen molar-refractivity contribution in [2.45, 2.75) is 26.3 Å². The number of hydrogen-bond acceptors (Lipinski definition) is 6. The highest BCUT2D eigenvalue weighted by Crippen LogP contribution is 2.03. The first-order valence-electron chi connectivity index (χ1n) is 3.91. The molecule has 1 aliphatic rings. The van der Waals surface area contributed by atoms with Crippen molar-refractivity contribution in [2.24, 2.45) is 0 Å². The van der Waals surface area contributed by atoms with Crippen molar-refractivity contribution in [1.82, 2.24) is 10.6 Å². The largest absolute Gasteiger partial charge is 0.441 e. The van der Waals surface area contributed by atoms with E-state index in [9.17, 15) is 9.59 Å². The summed E-state index contributed by atoms with van der Waals surface area (Å²) in [6.45, 7) is 3.03. The van der Waals surface area contributed by atoms with Crippen LogP contribution in [0.2, 0.25) is 0 Å². The maximum Gasteiger partial charge on any atom is 0.304 e. The van der Waals surface area contributed by atoms with Crippen LogP contribution >= 0.6 is 0 Å². The molecular weight excluding hydrogens is 176 g/mol. The number of esters is 2. The van der Waals surface area contributed by atoms with Crippen molar-refractivity contribution < 1.29 is 19.1 Å². The van der Waals surface area contributed by atoms with Crippen molar-refractivity contribution in [3.63, 3.8) is 0 Å². The van der Waals surface area contributed by atoms with Gasteiger partial charge < -0.3 is 9.47 Å². The Labute approximate surface area is 75.6 Å². The van der Waals surface area contributed by atoms with Gasteiger partial charge in [-0.1, -0.05) is 0 Å². The smallest absolute Gasteiger partial charge is 0.304 e. The van der Waals surface area contributed by atoms with Gasteiger partial charge in [-0.2, -0.15) is 0 Å². The maximum absolute atomic E-state index is 10.6. The molecule has 1 saturated heterocycles. The van der Waals surface area contributed by atoms with Crippen LogP contribution < -0.4 is 10.6 Å². The van der Waals surface area contributed by atoms with E-state index in [0.29, 0.717) is 6.67 Å². The van der Waals surface area contributed by atoms with Crippen LogP contribution in [0.5, 0.6) is 0 Å². The van der Waals surface area contributed by atoms with E-state index in [1.165, 1.54) is 13.8 Å². The number of hydrogen-bond donors (Lipinski definition) is 2. The van der Waals surface area contributed by atoms with Crippen LogP contribution in [-0.4, -0.2) is 31.1 Å².